The Labute approximate surface area is 209 Å². The van der Waals surface area contributed by atoms with Crippen molar-refractivity contribution in [2.45, 2.75) is 69.2 Å². The van der Waals surface area contributed by atoms with E-state index < -0.39 is 11.9 Å². The first-order valence-corrected chi connectivity index (χ1v) is 12.9. The second kappa shape index (κ2) is 9.32. The van der Waals surface area contributed by atoms with Crippen LogP contribution in [0.1, 0.15) is 65.9 Å². The fourth-order valence-electron chi connectivity index (χ4n) is 6.16. The molecule has 1 aliphatic carbocycles. The van der Waals surface area contributed by atoms with E-state index in [4.69, 9.17) is 4.74 Å². The van der Waals surface area contributed by atoms with Gasteiger partial charge >= 0.3 is 0 Å². The van der Waals surface area contributed by atoms with Crippen LogP contribution in [0.25, 0.3) is 0 Å². The Morgan fingerprint density at radius 3 is 2.50 bits per heavy atom. The zero-order valence-corrected chi connectivity index (χ0v) is 20.1. The molecule has 1 N–H and O–H groups in total. The third-order valence-electron chi connectivity index (χ3n) is 8.17. The highest BCUT2D eigenvalue weighted by Gasteiger charge is 2.41. The minimum atomic E-state index is -0.616. The van der Waals surface area contributed by atoms with Crippen molar-refractivity contribution >= 4 is 17.7 Å². The molecule has 2 aromatic carbocycles. The zero-order chi connectivity index (χ0) is 24.8. The van der Waals surface area contributed by atoms with Gasteiger partial charge in [-0.05, 0) is 67.1 Å². The molecule has 3 atom stereocenters. The number of ether oxygens (including phenoxy) is 1. The number of benzene rings is 2. The van der Waals surface area contributed by atoms with E-state index in [9.17, 15) is 18.8 Å². The summed E-state index contributed by atoms with van der Waals surface area (Å²) in [6, 6.07) is 12.1. The quantitative estimate of drug-likeness (QED) is 0.649. The van der Waals surface area contributed by atoms with Crippen LogP contribution in [0.3, 0.4) is 0 Å². The highest BCUT2D eigenvalue weighted by molar-refractivity contribution is 6.05. The second-order valence-electron chi connectivity index (χ2n) is 10.4. The minimum absolute atomic E-state index is 0.0781. The number of halogens is 1. The summed E-state index contributed by atoms with van der Waals surface area (Å²) < 4.78 is 19.8. The molecule has 0 unspecified atom stereocenters. The Bertz CT molecular complexity index is 1190. The molecule has 8 heteroatoms. The predicted molar refractivity (Wildman–Crippen MR) is 130 cm³/mol. The molecular weight excluding hydrogens is 461 g/mol. The molecule has 3 heterocycles. The van der Waals surface area contributed by atoms with Crippen LogP contribution in [0.2, 0.25) is 0 Å². The van der Waals surface area contributed by atoms with E-state index >= 15 is 0 Å². The molecule has 0 bridgehead atoms. The number of carbonyl (C=O) groups excluding carboxylic acids is 3. The van der Waals surface area contributed by atoms with Crippen molar-refractivity contribution in [2.24, 2.45) is 0 Å². The summed E-state index contributed by atoms with van der Waals surface area (Å²) in [4.78, 5) is 40.8. The molecule has 2 saturated heterocycles. The van der Waals surface area contributed by atoms with Crippen molar-refractivity contribution in [3.63, 3.8) is 0 Å². The van der Waals surface area contributed by atoms with Gasteiger partial charge in [0.25, 0.3) is 5.91 Å². The zero-order valence-electron chi connectivity index (χ0n) is 20.1. The summed E-state index contributed by atoms with van der Waals surface area (Å²) in [6.45, 7) is 2.25. The van der Waals surface area contributed by atoms with E-state index in [1.165, 1.54) is 24.1 Å². The van der Waals surface area contributed by atoms with Crippen molar-refractivity contribution in [1.82, 2.24) is 15.1 Å². The summed E-state index contributed by atoms with van der Waals surface area (Å²) in [7, 11) is 0. The Hall–Kier alpha value is -3.26. The maximum Gasteiger partial charge on any atom is 0.255 e. The topological polar surface area (TPSA) is 79.0 Å². The lowest BCUT2D eigenvalue weighted by molar-refractivity contribution is -0.136. The smallest absolute Gasteiger partial charge is 0.255 e. The normalized spacial score (nSPS) is 27.0. The average molecular weight is 492 g/mol. The van der Waals surface area contributed by atoms with Gasteiger partial charge in [-0.15, -0.1) is 0 Å². The summed E-state index contributed by atoms with van der Waals surface area (Å²) in [5, 5.41) is 2.34. The number of carbonyl (C=O) groups is 3. The van der Waals surface area contributed by atoms with E-state index in [1.54, 1.807) is 11.0 Å². The minimum Gasteiger partial charge on any atom is -0.489 e. The van der Waals surface area contributed by atoms with Crippen LogP contribution in [0.4, 0.5) is 4.39 Å². The number of hydrogen-bond donors (Lipinski definition) is 1. The number of hydrogen-bond acceptors (Lipinski definition) is 5. The van der Waals surface area contributed by atoms with E-state index in [-0.39, 0.29) is 30.2 Å². The van der Waals surface area contributed by atoms with Crippen LogP contribution < -0.4 is 10.1 Å². The number of likely N-dealkylation sites (tertiary alicyclic amines) is 1. The molecule has 2 aromatic rings. The SMILES string of the molecule is O=C1CC[C@H](N2Cc3cc(O[C@H]4CCCC[C@H]4N4CC(c5ccc(F)cc5)C4)ccc3C2=O)C(=O)N1. The fraction of sp³-hybridized carbons (Fsp3) is 0.464. The lowest BCUT2D eigenvalue weighted by Gasteiger charge is -2.48. The molecule has 3 amide bonds. The molecule has 0 radical (unpaired) electrons. The molecule has 4 aliphatic rings. The number of nitrogens with zero attached hydrogens (tertiary/aromatic N) is 2. The maximum absolute atomic E-state index is 13.3. The van der Waals surface area contributed by atoms with Gasteiger partial charge in [-0.2, -0.15) is 0 Å². The van der Waals surface area contributed by atoms with Gasteiger partial charge in [-0.25, -0.2) is 4.39 Å². The number of imide groups is 1. The van der Waals surface area contributed by atoms with Gasteiger partial charge in [0.15, 0.2) is 0 Å². The molecule has 3 aliphatic heterocycles. The maximum atomic E-state index is 13.3. The van der Waals surface area contributed by atoms with Crippen LogP contribution in [-0.2, 0) is 16.1 Å². The molecule has 6 rings (SSSR count). The Balaban J connectivity index is 1.11. The van der Waals surface area contributed by atoms with Gasteiger partial charge in [0.2, 0.25) is 11.8 Å². The van der Waals surface area contributed by atoms with Gasteiger partial charge in [0.05, 0.1) is 0 Å². The largest absolute Gasteiger partial charge is 0.489 e. The highest BCUT2D eigenvalue weighted by Crippen LogP contribution is 2.36. The van der Waals surface area contributed by atoms with Crippen LogP contribution in [0, 0.1) is 5.82 Å². The van der Waals surface area contributed by atoms with E-state index in [2.05, 4.69) is 10.2 Å². The second-order valence-corrected chi connectivity index (χ2v) is 10.4. The van der Waals surface area contributed by atoms with Crippen LogP contribution in [0.5, 0.6) is 5.75 Å². The lowest BCUT2D eigenvalue weighted by Crippen LogP contribution is -2.57. The lowest BCUT2D eigenvalue weighted by atomic mass is 9.84. The molecule has 36 heavy (non-hydrogen) atoms. The first kappa shape index (κ1) is 23.2. The van der Waals surface area contributed by atoms with Gasteiger partial charge in [0.1, 0.15) is 23.7 Å². The van der Waals surface area contributed by atoms with E-state index in [0.717, 1.165) is 43.7 Å². The number of piperidine rings is 1. The molecule has 3 fully saturated rings. The number of rotatable bonds is 5. The van der Waals surface area contributed by atoms with Gasteiger partial charge in [-0.3, -0.25) is 24.6 Å². The average Bonchev–Trinajstić information content (AvgIpc) is 3.16. The highest BCUT2D eigenvalue weighted by atomic mass is 19.1. The van der Waals surface area contributed by atoms with Crippen LogP contribution in [-0.4, -0.2) is 58.8 Å². The van der Waals surface area contributed by atoms with Gasteiger partial charge < -0.3 is 9.64 Å². The number of nitrogens with one attached hydrogen (secondary N) is 1. The van der Waals surface area contributed by atoms with Crippen molar-refractivity contribution in [1.29, 1.82) is 0 Å². The first-order valence-electron chi connectivity index (χ1n) is 12.9. The number of amides is 3. The molecule has 188 valence electrons. The third kappa shape index (κ3) is 4.28. The van der Waals surface area contributed by atoms with Crippen molar-refractivity contribution < 1.29 is 23.5 Å². The summed E-state index contributed by atoms with van der Waals surface area (Å²) in [5.74, 6) is 0.115. The molecule has 0 spiro atoms. The predicted octanol–water partition coefficient (Wildman–Crippen LogP) is 3.38. The first-order chi connectivity index (χ1) is 17.5. The van der Waals surface area contributed by atoms with Gasteiger partial charge in [0, 0.05) is 43.6 Å². The number of fused-ring (bicyclic) bond motifs is 1. The molecule has 0 aromatic heterocycles. The van der Waals surface area contributed by atoms with Gasteiger partial charge in [-0.1, -0.05) is 18.6 Å². The Kier molecular flexibility index (Phi) is 5.99. The van der Waals surface area contributed by atoms with E-state index in [1.807, 2.05) is 24.3 Å². The summed E-state index contributed by atoms with van der Waals surface area (Å²) in [6.07, 6.45) is 5.06. The fourth-order valence-corrected chi connectivity index (χ4v) is 6.16. The van der Waals surface area contributed by atoms with E-state index in [0.29, 0.717) is 30.5 Å². The Morgan fingerprint density at radius 2 is 1.72 bits per heavy atom. The molecular formula is C28H30FN3O4. The van der Waals surface area contributed by atoms with Crippen LogP contribution >= 0.6 is 0 Å². The Morgan fingerprint density at radius 1 is 0.944 bits per heavy atom. The van der Waals surface area contributed by atoms with Crippen molar-refractivity contribution in [3.8, 4) is 5.75 Å². The monoisotopic (exact) mass is 491 g/mol. The molecule has 7 nitrogen and oxygen atoms in total. The molecule has 1 saturated carbocycles. The van der Waals surface area contributed by atoms with Crippen molar-refractivity contribution in [2.75, 3.05) is 13.1 Å². The summed E-state index contributed by atoms with van der Waals surface area (Å²) >= 11 is 0. The third-order valence-corrected chi connectivity index (χ3v) is 8.17. The summed E-state index contributed by atoms with van der Waals surface area (Å²) in [5.41, 5.74) is 2.64. The van der Waals surface area contributed by atoms with Crippen LogP contribution in [0.15, 0.2) is 42.5 Å². The standard InChI is InChI=1S/C28H30FN3O4/c29-20-7-5-17(6-8-20)19-14-31(15-19)23-3-1-2-4-25(23)36-21-9-10-22-18(13-21)16-32(28(22)35)24-11-12-26(33)30-27(24)34/h5-10,13,19,23-25H,1-4,11-12,14-16H2,(H,30,33,34)/t23-,24+,25+/m1/s1. The van der Waals surface area contributed by atoms with Crippen molar-refractivity contribution in [3.05, 3.63) is 65.0 Å².